The van der Waals surface area contributed by atoms with Crippen molar-refractivity contribution in [2.75, 3.05) is 37.7 Å². The van der Waals surface area contributed by atoms with Gasteiger partial charge in [0, 0.05) is 50.2 Å². The molecule has 0 unspecified atom stereocenters. The van der Waals surface area contributed by atoms with Gasteiger partial charge in [-0.2, -0.15) is 0 Å². The van der Waals surface area contributed by atoms with Crippen molar-refractivity contribution in [1.29, 1.82) is 0 Å². The van der Waals surface area contributed by atoms with Crippen molar-refractivity contribution in [3.05, 3.63) is 53.9 Å². The van der Waals surface area contributed by atoms with Crippen LogP contribution < -0.4 is 9.64 Å². The second-order valence-corrected chi connectivity index (χ2v) is 7.47. The average Bonchev–Trinajstić information content (AvgIpc) is 3.06. The monoisotopic (exact) mass is 365 g/mol. The summed E-state index contributed by atoms with van der Waals surface area (Å²) >= 11 is 0. The van der Waals surface area contributed by atoms with Gasteiger partial charge in [-0.15, -0.1) is 0 Å². The SMILES string of the molecule is Cc1cnccc1N1CCCN(C(=O)[C@@H]2CCOc3ccccc3C2)CC1. The highest BCUT2D eigenvalue weighted by molar-refractivity contribution is 5.79. The molecule has 0 aliphatic carbocycles. The molecule has 0 spiro atoms. The molecule has 27 heavy (non-hydrogen) atoms. The first-order valence-corrected chi connectivity index (χ1v) is 9.87. The van der Waals surface area contributed by atoms with E-state index in [0.717, 1.165) is 56.8 Å². The van der Waals surface area contributed by atoms with E-state index in [4.69, 9.17) is 4.74 Å². The number of aromatic nitrogens is 1. The maximum absolute atomic E-state index is 13.2. The molecule has 3 heterocycles. The third-order valence-corrected chi connectivity index (χ3v) is 5.65. The summed E-state index contributed by atoms with van der Waals surface area (Å²) in [5.41, 5.74) is 3.57. The van der Waals surface area contributed by atoms with Crippen LogP contribution in [-0.4, -0.2) is 48.6 Å². The van der Waals surface area contributed by atoms with E-state index in [2.05, 4.69) is 33.8 Å². The third-order valence-electron chi connectivity index (χ3n) is 5.65. The number of nitrogens with zero attached hydrogens (tertiary/aromatic N) is 3. The van der Waals surface area contributed by atoms with Crippen LogP contribution in [0.3, 0.4) is 0 Å². The quantitative estimate of drug-likeness (QED) is 0.821. The molecular formula is C22H27N3O2. The normalized spacial score (nSPS) is 20.3. The molecule has 142 valence electrons. The van der Waals surface area contributed by atoms with Gasteiger partial charge in [-0.3, -0.25) is 9.78 Å². The zero-order valence-corrected chi connectivity index (χ0v) is 15.9. The van der Waals surface area contributed by atoms with Crippen molar-refractivity contribution in [2.24, 2.45) is 5.92 Å². The molecule has 0 saturated carbocycles. The summed E-state index contributed by atoms with van der Waals surface area (Å²) in [7, 11) is 0. The number of amides is 1. The molecule has 1 fully saturated rings. The number of hydrogen-bond donors (Lipinski definition) is 0. The van der Waals surface area contributed by atoms with Crippen LogP contribution in [-0.2, 0) is 11.2 Å². The van der Waals surface area contributed by atoms with Gasteiger partial charge < -0.3 is 14.5 Å². The molecule has 1 aromatic heterocycles. The van der Waals surface area contributed by atoms with Crippen LogP contribution in [0.4, 0.5) is 5.69 Å². The van der Waals surface area contributed by atoms with Gasteiger partial charge in [0.05, 0.1) is 6.61 Å². The van der Waals surface area contributed by atoms with Gasteiger partial charge in [0.25, 0.3) is 0 Å². The van der Waals surface area contributed by atoms with Gasteiger partial charge in [-0.25, -0.2) is 0 Å². The fourth-order valence-corrected chi connectivity index (χ4v) is 4.16. The largest absolute Gasteiger partial charge is 0.493 e. The molecule has 5 heteroatoms. The lowest BCUT2D eigenvalue weighted by Gasteiger charge is -2.27. The van der Waals surface area contributed by atoms with Crippen molar-refractivity contribution >= 4 is 11.6 Å². The fourth-order valence-electron chi connectivity index (χ4n) is 4.16. The Balaban J connectivity index is 1.43. The van der Waals surface area contributed by atoms with E-state index in [0.29, 0.717) is 6.61 Å². The van der Waals surface area contributed by atoms with Gasteiger partial charge >= 0.3 is 0 Å². The number of ether oxygens (including phenoxy) is 1. The first-order valence-electron chi connectivity index (χ1n) is 9.87. The molecule has 0 radical (unpaired) electrons. The molecule has 1 aromatic carbocycles. The minimum atomic E-state index is 0.0165. The lowest BCUT2D eigenvalue weighted by molar-refractivity contribution is -0.135. The summed E-state index contributed by atoms with van der Waals surface area (Å²) in [6, 6.07) is 10.2. The summed E-state index contributed by atoms with van der Waals surface area (Å²) < 4.78 is 5.84. The Kier molecular flexibility index (Phi) is 5.28. The Hall–Kier alpha value is -2.56. The zero-order chi connectivity index (χ0) is 18.6. The second-order valence-electron chi connectivity index (χ2n) is 7.47. The second kappa shape index (κ2) is 7.99. The van der Waals surface area contributed by atoms with Crippen molar-refractivity contribution < 1.29 is 9.53 Å². The van der Waals surface area contributed by atoms with E-state index >= 15 is 0 Å². The summed E-state index contributed by atoms with van der Waals surface area (Å²) in [5, 5.41) is 0. The van der Waals surface area contributed by atoms with Crippen molar-refractivity contribution in [3.8, 4) is 5.75 Å². The standard InChI is InChI=1S/C22H27N3O2/c1-17-16-23-9-7-20(17)24-10-4-11-25(13-12-24)22(26)19-8-14-27-21-6-3-2-5-18(21)15-19/h2-3,5-7,9,16,19H,4,8,10-15H2,1H3/t19-/m1/s1. The Morgan fingerprint density at radius 3 is 2.93 bits per heavy atom. The van der Waals surface area contributed by atoms with Gasteiger partial charge in [0.2, 0.25) is 5.91 Å². The summed E-state index contributed by atoms with van der Waals surface area (Å²) in [5.74, 6) is 1.23. The predicted octanol–water partition coefficient (Wildman–Crippen LogP) is 3.07. The van der Waals surface area contributed by atoms with Crippen LogP contribution in [0.15, 0.2) is 42.7 Å². The summed E-state index contributed by atoms with van der Waals surface area (Å²) in [4.78, 5) is 21.9. The van der Waals surface area contributed by atoms with E-state index in [1.165, 1.54) is 11.3 Å². The van der Waals surface area contributed by atoms with Crippen molar-refractivity contribution in [1.82, 2.24) is 9.88 Å². The third kappa shape index (κ3) is 3.92. The maximum Gasteiger partial charge on any atom is 0.226 e. The number of aryl methyl sites for hydroxylation is 1. The van der Waals surface area contributed by atoms with Crippen LogP contribution in [0, 0.1) is 12.8 Å². The van der Waals surface area contributed by atoms with Crippen molar-refractivity contribution in [3.63, 3.8) is 0 Å². The number of fused-ring (bicyclic) bond motifs is 1. The first-order chi connectivity index (χ1) is 13.2. The highest BCUT2D eigenvalue weighted by Gasteiger charge is 2.29. The molecule has 1 amide bonds. The van der Waals surface area contributed by atoms with Crippen molar-refractivity contribution in [2.45, 2.75) is 26.2 Å². The number of carbonyl (C=O) groups excluding carboxylic acids is 1. The fraction of sp³-hybridized carbons (Fsp3) is 0.455. The number of anilines is 1. The summed E-state index contributed by atoms with van der Waals surface area (Å²) in [6.07, 6.45) is 6.31. The molecule has 1 saturated heterocycles. The Bertz CT molecular complexity index is 808. The molecule has 5 nitrogen and oxygen atoms in total. The molecule has 2 aromatic rings. The molecule has 1 atom stereocenters. The van der Waals surface area contributed by atoms with E-state index < -0.39 is 0 Å². The van der Waals surface area contributed by atoms with E-state index in [1.807, 2.05) is 30.6 Å². The van der Waals surface area contributed by atoms with Gasteiger partial charge in [0.15, 0.2) is 0 Å². The highest BCUT2D eigenvalue weighted by atomic mass is 16.5. The number of benzene rings is 1. The molecule has 4 rings (SSSR count). The smallest absolute Gasteiger partial charge is 0.226 e. The molecule has 2 aliphatic rings. The lowest BCUT2D eigenvalue weighted by atomic mass is 9.95. The molecular weight excluding hydrogens is 338 g/mol. The van der Waals surface area contributed by atoms with E-state index in [1.54, 1.807) is 0 Å². The zero-order valence-electron chi connectivity index (χ0n) is 15.9. The maximum atomic E-state index is 13.2. The van der Waals surface area contributed by atoms with Gasteiger partial charge in [0.1, 0.15) is 5.75 Å². The minimum absolute atomic E-state index is 0.0165. The first kappa shape index (κ1) is 17.8. The average molecular weight is 365 g/mol. The lowest BCUT2D eigenvalue weighted by Crippen LogP contribution is -2.40. The van der Waals surface area contributed by atoms with Gasteiger partial charge in [-0.1, -0.05) is 18.2 Å². The van der Waals surface area contributed by atoms with E-state index in [9.17, 15) is 4.79 Å². The number of hydrogen-bond acceptors (Lipinski definition) is 4. The minimum Gasteiger partial charge on any atom is -0.493 e. The van der Waals surface area contributed by atoms with Crippen LogP contribution in [0.2, 0.25) is 0 Å². The number of para-hydroxylation sites is 1. The van der Waals surface area contributed by atoms with Crippen LogP contribution in [0.25, 0.3) is 0 Å². The Labute approximate surface area is 161 Å². The summed E-state index contributed by atoms with van der Waals surface area (Å²) in [6.45, 7) is 6.17. The Morgan fingerprint density at radius 2 is 2.04 bits per heavy atom. The van der Waals surface area contributed by atoms with E-state index in [-0.39, 0.29) is 11.8 Å². The number of pyridine rings is 1. The topological polar surface area (TPSA) is 45.7 Å². The van der Waals surface area contributed by atoms with Gasteiger partial charge in [-0.05, 0) is 49.4 Å². The predicted molar refractivity (Wildman–Crippen MR) is 106 cm³/mol. The van der Waals surface area contributed by atoms with Crippen LogP contribution in [0.5, 0.6) is 5.75 Å². The molecule has 2 aliphatic heterocycles. The highest BCUT2D eigenvalue weighted by Crippen LogP contribution is 2.28. The number of rotatable bonds is 2. The molecule has 0 bridgehead atoms. The van der Waals surface area contributed by atoms with Crippen LogP contribution in [0.1, 0.15) is 24.0 Å². The Morgan fingerprint density at radius 1 is 1.15 bits per heavy atom. The number of carbonyl (C=O) groups is 1. The molecule has 0 N–H and O–H groups in total. The van der Waals surface area contributed by atoms with Crippen LogP contribution >= 0.6 is 0 Å².